The van der Waals surface area contributed by atoms with Gasteiger partial charge in [-0.1, -0.05) is 27.5 Å². The van der Waals surface area contributed by atoms with Gasteiger partial charge in [0, 0.05) is 29.7 Å². The summed E-state index contributed by atoms with van der Waals surface area (Å²) in [5, 5.41) is 20.6. The van der Waals surface area contributed by atoms with Gasteiger partial charge in [-0.2, -0.15) is 0 Å². The van der Waals surface area contributed by atoms with Crippen LogP contribution in [0, 0.1) is 0 Å². The molecule has 1 amide bonds. The largest absolute Gasteiger partial charge is 0.507 e. The summed E-state index contributed by atoms with van der Waals surface area (Å²) >= 11 is 9.22. The van der Waals surface area contributed by atoms with E-state index >= 15 is 0 Å². The fourth-order valence-corrected chi connectivity index (χ4v) is 5.04. The van der Waals surface area contributed by atoms with Crippen LogP contribution < -0.4 is 4.72 Å². The molecule has 162 valence electrons. The molecule has 8 nitrogen and oxygen atoms in total. The average Bonchev–Trinajstić information content (AvgIpc) is 3.18. The minimum Gasteiger partial charge on any atom is -0.507 e. The third kappa shape index (κ3) is 5.00. The number of aromatic hydroxyl groups is 2. The monoisotopic (exact) mass is 518 g/mol. The Morgan fingerprint density at radius 3 is 2.73 bits per heavy atom. The van der Waals surface area contributed by atoms with Crippen molar-refractivity contribution in [1.82, 2.24) is 4.90 Å². The zero-order chi connectivity index (χ0) is 22.1. The van der Waals surface area contributed by atoms with Crippen LogP contribution in [-0.4, -0.2) is 55.7 Å². The number of likely N-dealkylation sites (N-methyl/N-ethyl adjacent to an activating group) is 1. The number of phenols is 2. The predicted octanol–water partition coefficient (Wildman–Crippen LogP) is 3.57. The lowest BCUT2D eigenvalue weighted by Gasteiger charge is -2.22. The number of anilines is 1. The van der Waals surface area contributed by atoms with E-state index in [0.717, 1.165) is 12.8 Å². The van der Waals surface area contributed by atoms with Gasteiger partial charge in [-0.15, -0.1) is 0 Å². The van der Waals surface area contributed by atoms with Crippen LogP contribution in [0.3, 0.4) is 0 Å². The van der Waals surface area contributed by atoms with Crippen molar-refractivity contribution in [3.63, 3.8) is 0 Å². The van der Waals surface area contributed by atoms with Gasteiger partial charge in [-0.05, 0) is 43.2 Å². The molecule has 1 heterocycles. The van der Waals surface area contributed by atoms with Crippen molar-refractivity contribution in [3.8, 4) is 11.5 Å². The van der Waals surface area contributed by atoms with Crippen molar-refractivity contribution in [3.05, 3.63) is 45.4 Å². The molecule has 0 saturated carbocycles. The Labute approximate surface area is 187 Å². The second-order valence-corrected chi connectivity index (χ2v) is 9.89. The van der Waals surface area contributed by atoms with Crippen molar-refractivity contribution in [2.24, 2.45) is 0 Å². The van der Waals surface area contributed by atoms with Gasteiger partial charge < -0.3 is 19.8 Å². The maximum Gasteiger partial charge on any atom is 0.265 e. The van der Waals surface area contributed by atoms with Gasteiger partial charge in [0.15, 0.2) is 5.75 Å². The molecule has 1 saturated heterocycles. The quantitative estimate of drug-likeness (QED) is 0.503. The summed E-state index contributed by atoms with van der Waals surface area (Å²) in [7, 11) is -2.72. The number of rotatable bonds is 6. The molecule has 1 unspecified atom stereocenters. The zero-order valence-corrected chi connectivity index (χ0v) is 19.1. The lowest BCUT2D eigenvalue weighted by molar-refractivity contribution is 0.0585. The van der Waals surface area contributed by atoms with E-state index in [-0.39, 0.29) is 22.4 Å². The third-order valence-electron chi connectivity index (χ3n) is 4.61. The maximum atomic E-state index is 12.8. The van der Waals surface area contributed by atoms with Crippen LogP contribution in [-0.2, 0) is 14.8 Å². The van der Waals surface area contributed by atoms with Crippen molar-refractivity contribution >= 4 is 49.1 Å². The Morgan fingerprint density at radius 1 is 1.33 bits per heavy atom. The minimum atomic E-state index is -4.28. The van der Waals surface area contributed by atoms with E-state index in [1.807, 2.05) is 0 Å². The molecule has 2 aromatic carbocycles. The number of carbonyl (C=O) groups is 1. The number of benzene rings is 2. The second kappa shape index (κ2) is 9.01. The van der Waals surface area contributed by atoms with Crippen LogP contribution in [0.1, 0.15) is 23.2 Å². The van der Waals surface area contributed by atoms with E-state index in [0.29, 0.717) is 17.6 Å². The average molecular weight is 520 g/mol. The van der Waals surface area contributed by atoms with Gasteiger partial charge >= 0.3 is 0 Å². The van der Waals surface area contributed by atoms with Crippen LogP contribution >= 0.6 is 27.5 Å². The number of carbonyl (C=O) groups excluding carboxylic acids is 1. The van der Waals surface area contributed by atoms with E-state index in [1.165, 1.54) is 35.2 Å². The van der Waals surface area contributed by atoms with Crippen LogP contribution in [0.4, 0.5) is 5.69 Å². The van der Waals surface area contributed by atoms with E-state index in [1.54, 1.807) is 7.05 Å². The highest BCUT2D eigenvalue weighted by atomic mass is 79.9. The van der Waals surface area contributed by atoms with Crippen molar-refractivity contribution < 1.29 is 28.2 Å². The first kappa shape index (κ1) is 22.7. The summed E-state index contributed by atoms with van der Waals surface area (Å²) in [6.45, 7) is 0.973. The first-order valence-corrected chi connectivity index (χ1v) is 11.6. The van der Waals surface area contributed by atoms with Crippen LogP contribution in [0.5, 0.6) is 11.5 Å². The molecule has 3 N–H and O–H groups in total. The first-order chi connectivity index (χ1) is 14.1. The van der Waals surface area contributed by atoms with E-state index in [4.69, 9.17) is 16.3 Å². The third-order valence-corrected chi connectivity index (χ3v) is 6.72. The van der Waals surface area contributed by atoms with Crippen molar-refractivity contribution in [2.45, 2.75) is 23.8 Å². The molecule has 0 radical (unpaired) electrons. The number of hydrogen-bond donors (Lipinski definition) is 3. The summed E-state index contributed by atoms with van der Waals surface area (Å²) in [6, 6.07) is 6.35. The molecular weight excluding hydrogens is 500 g/mol. The molecule has 30 heavy (non-hydrogen) atoms. The maximum absolute atomic E-state index is 12.8. The van der Waals surface area contributed by atoms with Crippen LogP contribution in [0.25, 0.3) is 0 Å². The molecular formula is C19H20BrClN2O6S. The molecule has 1 atom stereocenters. The molecule has 1 fully saturated rings. The summed E-state index contributed by atoms with van der Waals surface area (Å²) in [5.74, 6) is -1.57. The minimum absolute atomic E-state index is 0.0535. The Balaban J connectivity index is 1.90. The molecule has 3 rings (SSSR count). The van der Waals surface area contributed by atoms with Crippen LogP contribution in [0.2, 0.25) is 5.02 Å². The Morgan fingerprint density at radius 2 is 2.07 bits per heavy atom. The number of phenolic OH excluding ortho intramolecular Hbond substituents is 2. The molecule has 0 spiro atoms. The predicted molar refractivity (Wildman–Crippen MR) is 116 cm³/mol. The Hall–Kier alpha value is -2.01. The zero-order valence-electron chi connectivity index (χ0n) is 15.9. The number of hydrogen-bond acceptors (Lipinski definition) is 6. The Kier molecular flexibility index (Phi) is 6.81. The lowest BCUT2D eigenvalue weighted by atomic mass is 10.1. The van der Waals surface area contributed by atoms with Crippen molar-refractivity contribution in [2.75, 3.05) is 24.9 Å². The summed E-state index contributed by atoms with van der Waals surface area (Å²) in [4.78, 5) is 13.8. The molecule has 0 aromatic heterocycles. The Bertz CT molecular complexity index is 1070. The fraction of sp³-hybridized carbons (Fsp3) is 0.316. The molecule has 1 aliphatic rings. The molecule has 11 heteroatoms. The van der Waals surface area contributed by atoms with Gasteiger partial charge in [-0.3, -0.25) is 9.52 Å². The topological polar surface area (TPSA) is 116 Å². The first-order valence-electron chi connectivity index (χ1n) is 8.99. The summed E-state index contributed by atoms with van der Waals surface area (Å²) < 4.78 is 33.6. The SMILES string of the molecule is CN(CC1CCCO1)C(=O)c1cc(Cl)cc(NS(=O)(=O)c2cc(Br)ccc2O)c1O. The van der Waals surface area contributed by atoms with E-state index in [2.05, 4.69) is 20.7 Å². The van der Waals surface area contributed by atoms with Gasteiger partial charge in [0.2, 0.25) is 0 Å². The smallest absolute Gasteiger partial charge is 0.265 e. The van der Waals surface area contributed by atoms with Crippen LogP contribution in [0.15, 0.2) is 39.7 Å². The van der Waals surface area contributed by atoms with E-state index < -0.39 is 32.3 Å². The van der Waals surface area contributed by atoms with Gasteiger partial charge in [0.05, 0.1) is 17.4 Å². The highest BCUT2D eigenvalue weighted by molar-refractivity contribution is 9.10. The number of nitrogens with one attached hydrogen (secondary N) is 1. The fourth-order valence-electron chi connectivity index (χ4n) is 3.13. The molecule has 0 bridgehead atoms. The molecule has 1 aliphatic heterocycles. The number of sulfonamides is 1. The summed E-state index contributed by atoms with van der Waals surface area (Å²) in [6.07, 6.45) is 1.67. The van der Waals surface area contributed by atoms with Gasteiger partial charge in [0.1, 0.15) is 10.6 Å². The molecule has 2 aromatic rings. The number of halogens is 2. The standard InChI is InChI=1S/C19H20BrClN2O6S/c1-23(10-13-3-2-6-29-13)19(26)14-8-12(21)9-15(18(14)25)22-30(27,28)17-7-11(20)4-5-16(17)24/h4-5,7-9,13,22,24-25H,2-3,6,10H2,1H3. The number of ether oxygens (including phenoxy) is 1. The molecule has 0 aliphatic carbocycles. The lowest BCUT2D eigenvalue weighted by Crippen LogP contribution is -2.34. The highest BCUT2D eigenvalue weighted by Crippen LogP contribution is 2.35. The summed E-state index contributed by atoms with van der Waals surface area (Å²) in [5.41, 5.74) is -0.435. The van der Waals surface area contributed by atoms with Crippen molar-refractivity contribution in [1.29, 1.82) is 0 Å². The van der Waals surface area contributed by atoms with Gasteiger partial charge in [0.25, 0.3) is 15.9 Å². The van der Waals surface area contributed by atoms with E-state index in [9.17, 15) is 23.4 Å². The number of amides is 1. The van der Waals surface area contributed by atoms with Gasteiger partial charge in [-0.25, -0.2) is 8.42 Å². The second-order valence-electron chi connectivity index (χ2n) is 6.89. The highest BCUT2D eigenvalue weighted by Gasteiger charge is 2.26. The number of nitrogens with zero attached hydrogens (tertiary/aromatic N) is 1. The normalized spacial score (nSPS) is 16.4.